The standard InChI is InChI=1S/C17H18N4OS/c1-2-21(12-16-19-7-8-23-16)17(22)20-10-13-3-4-15-11-18-6-5-14(15)9-13/h3-9,11H,2,10,12H2,1H3,(H,20,22). The SMILES string of the molecule is CCN(Cc1nccs1)C(=O)NCc1ccc2cnccc2c1. The van der Waals surface area contributed by atoms with Crippen LogP contribution >= 0.6 is 11.3 Å². The van der Waals surface area contributed by atoms with E-state index in [1.54, 1.807) is 28.6 Å². The van der Waals surface area contributed by atoms with Gasteiger partial charge in [-0.2, -0.15) is 0 Å². The maximum atomic E-state index is 12.3. The van der Waals surface area contributed by atoms with Crippen molar-refractivity contribution in [3.63, 3.8) is 0 Å². The summed E-state index contributed by atoms with van der Waals surface area (Å²) in [5, 5.41) is 8.07. The third-order valence-electron chi connectivity index (χ3n) is 3.63. The maximum absolute atomic E-state index is 12.3. The monoisotopic (exact) mass is 326 g/mol. The van der Waals surface area contributed by atoms with Gasteiger partial charge in [0.15, 0.2) is 0 Å². The lowest BCUT2D eigenvalue weighted by Gasteiger charge is -2.20. The highest BCUT2D eigenvalue weighted by molar-refractivity contribution is 7.09. The molecule has 0 bridgehead atoms. The molecular formula is C17H18N4OS. The molecule has 3 rings (SSSR count). The van der Waals surface area contributed by atoms with Gasteiger partial charge in [0.05, 0.1) is 6.54 Å². The van der Waals surface area contributed by atoms with Gasteiger partial charge in [-0.05, 0) is 30.0 Å². The first-order chi connectivity index (χ1) is 11.3. The third kappa shape index (κ3) is 3.84. The summed E-state index contributed by atoms with van der Waals surface area (Å²) in [6.07, 6.45) is 5.37. The number of rotatable bonds is 5. The second-order valence-electron chi connectivity index (χ2n) is 5.16. The van der Waals surface area contributed by atoms with Crippen LogP contribution in [0.4, 0.5) is 4.79 Å². The topological polar surface area (TPSA) is 58.1 Å². The number of amides is 2. The van der Waals surface area contributed by atoms with Crippen LogP contribution in [-0.4, -0.2) is 27.4 Å². The average molecular weight is 326 g/mol. The van der Waals surface area contributed by atoms with E-state index < -0.39 is 0 Å². The number of nitrogens with one attached hydrogen (secondary N) is 1. The molecule has 6 heteroatoms. The minimum atomic E-state index is -0.0717. The predicted molar refractivity (Wildman–Crippen MR) is 92.2 cm³/mol. The van der Waals surface area contributed by atoms with Crippen molar-refractivity contribution in [3.8, 4) is 0 Å². The molecular weight excluding hydrogens is 308 g/mol. The zero-order valence-corrected chi connectivity index (χ0v) is 13.7. The second kappa shape index (κ2) is 7.19. The van der Waals surface area contributed by atoms with Crippen LogP contribution in [-0.2, 0) is 13.1 Å². The van der Waals surface area contributed by atoms with Crippen molar-refractivity contribution in [2.75, 3.05) is 6.54 Å². The molecule has 3 aromatic rings. The first-order valence-electron chi connectivity index (χ1n) is 7.50. The maximum Gasteiger partial charge on any atom is 0.318 e. The number of nitrogens with zero attached hydrogens (tertiary/aromatic N) is 3. The van der Waals surface area contributed by atoms with E-state index >= 15 is 0 Å². The Hall–Kier alpha value is -2.47. The van der Waals surface area contributed by atoms with Crippen molar-refractivity contribution in [2.45, 2.75) is 20.0 Å². The molecule has 1 N–H and O–H groups in total. The molecule has 1 aromatic carbocycles. The largest absolute Gasteiger partial charge is 0.334 e. The fourth-order valence-electron chi connectivity index (χ4n) is 2.35. The van der Waals surface area contributed by atoms with Gasteiger partial charge in [-0.25, -0.2) is 9.78 Å². The highest BCUT2D eigenvalue weighted by Gasteiger charge is 2.12. The summed E-state index contributed by atoms with van der Waals surface area (Å²) in [7, 11) is 0. The van der Waals surface area contributed by atoms with E-state index in [1.165, 1.54) is 0 Å². The summed E-state index contributed by atoms with van der Waals surface area (Å²) < 4.78 is 0. The smallest absolute Gasteiger partial charge is 0.318 e. The van der Waals surface area contributed by atoms with Crippen molar-refractivity contribution in [2.24, 2.45) is 0 Å². The normalized spacial score (nSPS) is 10.7. The third-order valence-corrected chi connectivity index (χ3v) is 4.39. The van der Waals surface area contributed by atoms with Gasteiger partial charge in [0.1, 0.15) is 5.01 Å². The summed E-state index contributed by atoms with van der Waals surface area (Å²) in [4.78, 5) is 22.4. The van der Waals surface area contributed by atoms with Gasteiger partial charge >= 0.3 is 6.03 Å². The minimum Gasteiger partial charge on any atom is -0.334 e. The van der Waals surface area contributed by atoms with Crippen LogP contribution < -0.4 is 5.32 Å². The van der Waals surface area contributed by atoms with Gasteiger partial charge in [-0.15, -0.1) is 11.3 Å². The molecule has 0 saturated heterocycles. The van der Waals surface area contributed by atoms with E-state index in [9.17, 15) is 4.79 Å². The number of benzene rings is 1. The molecule has 2 amide bonds. The Morgan fingerprint density at radius 2 is 2.17 bits per heavy atom. The van der Waals surface area contributed by atoms with Crippen LogP contribution in [0.25, 0.3) is 10.8 Å². The van der Waals surface area contributed by atoms with E-state index in [2.05, 4.69) is 21.4 Å². The molecule has 2 heterocycles. The van der Waals surface area contributed by atoms with E-state index in [4.69, 9.17) is 0 Å². The van der Waals surface area contributed by atoms with Crippen LogP contribution in [0.5, 0.6) is 0 Å². The van der Waals surface area contributed by atoms with Gasteiger partial charge < -0.3 is 10.2 Å². The van der Waals surface area contributed by atoms with Crippen molar-refractivity contribution < 1.29 is 4.79 Å². The van der Waals surface area contributed by atoms with Gasteiger partial charge in [-0.3, -0.25) is 4.98 Å². The van der Waals surface area contributed by atoms with Gasteiger partial charge in [0.2, 0.25) is 0 Å². The quantitative estimate of drug-likeness (QED) is 0.781. The molecule has 0 spiro atoms. The Kier molecular flexibility index (Phi) is 4.83. The average Bonchev–Trinajstić information content (AvgIpc) is 3.10. The molecule has 23 heavy (non-hydrogen) atoms. The molecule has 0 atom stereocenters. The summed E-state index contributed by atoms with van der Waals surface area (Å²) in [6.45, 7) is 3.67. The van der Waals surface area contributed by atoms with E-state index in [0.717, 1.165) is 21.3 Å². The summed E-state index contributed by atoms with van der Waals surface area (Å²) in [5.74, 6) is 0. The molecule has 0 unspecified atom stereocenters. The Bertz CT molecular complexity index is 788. The Morgan fingerprint density at radius 1 is 1.26 bits per heavy atom. The lowest BCUT2D eigenvalue weighted by atomic mass is 10.1. The lowest BCUT2D eigenvalue weighted by molar-refractivity contribution is 0.197. The fourth-order valence-corrected chi connectivity index (χ4v) is 2.98. The number of carbonyl (C=O) groups excluding carboxylic acids is 1. The molecule has 5 nitrogen and oxygen atoms in total. The molecule has 0 radical (unpaired) electrons. The zero-order valence-electron chi connectivity index (χ0n) is 12.9. The number of fused-ring (bicyclic) bond motifs is 1. The number of hydrogen-bond donors (Lipinski definition) is 1. The van der Waals surface area contributed by atoms with Crippen molar-refractivity contribution in [1.82, 2.24) is 20.2 Å². The number of carbonyl (C=O) groups is 1. The second-order valence-corrected chi connectivity index (χ2v) is 6.14. The van der Waals surface area contributed by atoms with Crippen LogP contribution in [0, 0.1) is 0 Å². The number of urea groups is 1. The highest BCUT2D eigenvalue weighted by atomic mass is 32.1. The van der Waals surface area contributed by atoms with Gasteiger partial charge in [0.25, 0.3) is 0 Å². The Morgan fingerprint density at radius 3 is 2.96 bits per heavy atom. The molecule has 0 aliphatic carbocycles. The van der Waals surface area contributed by atoms with E-state index in [0.29, 0.717) is 19.6 Å². The lowest BCUT2D eigenvalue weighted by Crippen LogP contribution is -2.39. The molecule has 0 aliphatic heterocycles. The number of thiazole rings is 1. The van der Waals surface area contributed by atoms with Crippen LogP contribution in [0.1, 0.15) is 17.5 Å². The molecule has 0 aliphatic rings. The van der Waals surface area contributed by atoms with Crippen molar-refractivity contribution in [3.05, 3.63) is 58.8 Å². The highest BCUT2D eigenvalue weighted by Crippen LogP contribution is 2.14. The predicted octanol–water partition coefficient (Wildman–Crippen LogP) is 3.42. The van der Waals surface area contributed by atoms with Crippen LogP contribution in [0.2, 0.25) is 0 Å². The number of aromatic nitrogens is 2. The first-order valence-corrected chi connectivity index (χ1v) is 8.38. The minimum absolute atomic E-state index is 0.0717. The number of hydrogen-bond acceptors (Lipinski definition) is 4. The van der Waals surface area contributed by atoms with Crippen LogP contribution in [0.15, 0.2) is 48.2 Å². The summed E-state index contributed by atoms with van der Waals surface area (Å²) in [5.41, 5.74) is 1.07. The van der Waals surface area contributed by atoms with E-state index in [-0.39, 0.29) is 6.03 Å². The van der Waals surface area contributed by atoms with Crippen molar-refractivity contribution in [1.29, 1.82) is 0 Å². The van der Waals surface area contributed by atoms with E-state index in [1.807, 2.05) is 36.7 Å². The van der Waals surface area contributed by atoms with Gasteiger partial charge in [0, 0.05) is 42.4 Å². The Labute approximate surface area is 139 Å². The summed E-state index contributed by atoms with van der Waals surface area (Å²) in [6, 6.07) is 8.02. The summed E-state index contributed by atoms with van der Waals surface area (Å²) >= 11 is 1.56. The fraction of sp³-hybridized carbons (Fsp3) is 0.235. The van der Waals surface area contributed by atoms with Crippen LogP contribution in [0.3, 0.4) is 0 Å². The molecule has 0 fully saturated rings. The van der Waals surface area contributed by atoms with Crippen molar-refractivity contribution >= 4 is 28.1 Å². The molecule has 0 saturated carbocycles. The molecule has 118 valence electrons. The Balaban J connectivity index is 1.62. The first kappa shape index (κ1) is 15.4. The molecule has 2 aromatic heterocycles. The zero-order chi connectivity index (χ0) is 16.1. The van der Waals surface area contributed by atoms with Gasteiger partial charge in [-0.1, -0.05) is 12.1 Å². The number of pyridine rings is 1.